The van der Waals surface area contributed by atoms with E-state index in [2.05, 4.69) is 14.7 Å². The van der Waals surface area contributed by atoms with E-state index in [-0.39, 0.29) is 4.90 Å². The van der Waals surface area contributed by atoms with Crippen molar-refractivity contribution in [1.82, 2.24) is 14.7 Å². The van der Waals surface area contributed by atoms with Crippen LogP contribution in [-0.4, -0.2) is 32.0 Å². The minimum absolute atomic E-state index is 0.232. The van der Waals surface area contributed by atoms with Crippen LogP contribution in [0.1, 0.15) is 5.56 Å². The predicted molar refractivity (Wildman–Crippen MR) is 80.4 cm³/mol. The Bertz CT molecular complexity index is 795. The molecule has 0 bridgehead atoms. The van der Waals surface area contributed by atoms with E-state index >= 15 is 0 Å². The van der Waals surface area contributed by atoms with Gasteiger partial charge in [-0.2, -0.15) is 0 Å². The number of nitrogens with zero attached hydrogens (tertiary/aromatic N) is 3. The maximum absolute atomic E-state index is 11.9. The zero-order chi connectivity index (χ0) is 15.0. The van der Waals surface area contributed by atoms with Crippen molar-refractivity contribution < 1.29 is 8.42 Å². The third-order valence-corrected chi connectivity index (χ3v) is 5.05. The molecule has 3 rings (SSSR count). The molecule has 1 N–H and O–H groups in total. The van der Waals surface area contributed by atoms with Crippen LogP contribution in [0.15, 0.2) is 35.5 Å². The van der Waals surface area contributed by atoms with Crippen molar-refractivity contribution in [1.29, 1.82) is 0 Å². The highest BCUT2D eigenvalue weighted by atomic mass is 35.5. The van der Waals surface area contributed by atoms with Gasteiger partial charge in [0.05, 0.1) is 4.90 Å². The fourth-order valence-corrected chi connectivity index (χ4v) is 3.24. The van der Waals surface area contributed by atoms with Gasteiger partial charge >= 0.3 is 0 Å². The molecule has 8 heteroatoms. The summed E-state index contributed by atoms with van der Waals surface area (Å²) in [5.41, 5.74) is 1.92. The van der Waals surface area contributed by atoms with E-state index in [1.54, 1.807) is 18.2 Å². The van der Waals surface area contributed by atoms with Gasteiger partial charge in [0.1, 0.15) is 17.3 Å². The first-order chi connectivity index (χ1) is 10.0. The molecule has 0 saturated carbocycles. The van der Waals surface area contributed by atoms with Crippen LogP contribution in [0.25, 0.3) is 0 Å². The molecule has 0 saturated heterocycles. The molecule has 0 atom stereocenters. The van der Waals surface area contributed by atoms with Crippen LogP contribution in [-0.2, 0) is 16.4 Å². The number of nitrogens with one attached hydrogen (secondary N) is 1. The van der Waals surface area contributed by atoms with Crippen LogP contribution < -0.4 is 9.62 Å². The van der Waals surface area contributed by atoms with Crippen molar-refractivity contribution >= 4 is 33.1 Å². The van der Waals surface area contributed by atoms with Gasteiger partial charge in [0.25, 0.3) is 0 Å². The number of hydrogen-bond donors (Lipinski definition) is 1. The van der Waals surface area contributed by atoms with Crippen molar-refractivity contribution in [3.05, 3.63) is 41.3 Å². The fourth-order valence-electron chi connectivity index (χ4n) is 2.35. The number of benzene rings is 1. The maximum atomic E-state index is 11.9. The van der Waals surface area contributed by atoms with Crippen LogP contribution in [0, 0.1) is 0 Å². The fraction of sp³-hybridized carbons (Fsp3) is 0.231. The Morgan fingerprint density at radius 1 is 1.29 bits per heavy atom. The number of anilines is 2. The average molecular weight is 325 g/mol. The maximum Gasteiger partial charge on any atom is 0.240 e. The van der Waals surface area contributed by atoms with Crippen LogP contribution in [0.3, 0.4) is 0 Å². The summed E-state index contributed by atoms with van der Waals surface area (Å²) in [4.78, 5) is 10.2. The molecular formula is C13H13ClN4O2S. The molecule has 0 aliphatic carbocycles. The summed E-state index contributed by atoms with van der Waals surface area (Å²) in [6.45, 7) is 0.728. The van der Waals surface area contributed by atoms with Gasteiger partial charge < -0.3 is 4.90 Å². The van der Waals surface area contributed by atoms with E-state index in [4.69, 9.17) is 11.6 Å². The summed E-state index contributed by atoms with van der Waals surface area (Å²) in [5, 5.41) is 0.354. The van der Waals surface area contributed by atoms with E-state index in [0.717, 1.165) is 24.2 Å². The van der Waals surface area contributed by atoms with Gasteiger partial charge in [-0.25, -0.2) is 23.1 Å². The van der Waals surface area contributed by atoms with E-state index < -0.39 is 10.0 Å². The smallest absolute Gasteiger partial charge is 0.240 e. The molecule has 1 aromatic heterocycles. The second-order valence-corrected chi connectivity index (χ2v) is 6.87. The summed E-state index contributed by atoms with van der Waals surface area (Å²) >= 11 is 5.89. The highest BCUT2D eigenvalue weighted by molar-refractivity contribution is 7.89. The molecule has 6 nitrogen and oxygen atoms in total. The Kier molecular flexibility index (Phi) is 3.56. The van der Waals surface area contributed by atoms with E-state index in [0.29, 0.717) is 11.0 Å². The van der Waals surface area contributed by atoms with E-state index in [1.165, 1.54) is 13.4 Å². The van der Waals surface area contributed by atoms with Gasteiger partial charge in [-0.15, -0.1) is 0 Å². The summed E-state index contributed by atoms with van der Waals surface area (Å²) < 4.78 is 26.2. The third kappa shape index (κ3) is 2.59. The second-order valence-electron chi connectivity index (χ2n) is 4.60. The number of rotatable bonds is 3. The molecule has 2 heterocycles. The minimum Gasteiger partial charge on any atom is -0.326 e. The van der Waals surface area contributed by atoms with Crippen molar-refractivity contribution in [3.63, 3.8) is 0 Å². The predicted octanol–water partition coefficient (Wildman–Crippen LogP) is 1.73. The molecule has 1 aromatic carbocycles. The number of aromatic nitrogens is 2. The van der Waals surface area contributed by atoms with E-state index in [9.17, 15) is 8.42 Å². The zero-order valence-corrected chi connectivity index (χ0v) is 12.8. The lowest BCUT2D eigenvalue weighted by Gasteiger charge is -2.18. The molecule has 110 valence electrons. The molecular weight excluding hydrogens is 312 g/mol. The average Bonchev–Trinajstić information content (AvgIpc) is 2.90. The van der Waals surface area contributed by atoms with E-state index in [1.807, 2.05) is 11.0 Å². The molecule has 0 spiro atoms. The largest absolute Gasteiger partial charge is 0.326 e. The topological polar surface area (TPSA) is 75.2 Å². The molecule has 21 heavy (non-hydrogen) atoms. The SMILES string of the molecule is CNS(=O)(=O)c1ccc2c(c1)N(c1cc(Cl)ncn1)CC2. The minimum atomic E-state index is -3.47. The van der Waals surface area contributed by atoms with Crippen LogP contribution >= 0.6 is 11.6 Å². The first-order valence-corrected chi connectivity index (χ1v) is 8.19. The number of fused-ring (bicyclic) bond motifs is 1. The van der Waals surface area contributed by atoms with Gasteiger partial charge in [-0.3, -0.25) is 0 Å². The highest BCUT2D eigenvalue weighted by Crippen LogP contribution is 2.35. The van der Waals surface area contributed by atoms with Crippen molar-refractivity contribution in [3.8, 4) is 0 Å². The highest BCUT2D eigenvalue weighted by Gasteiger charge is 2.24. The molecule has 0 radical (unpaired) electrons. The molecule has 0 fully saturated rings. The van der Waals surface area contributed by atoms with Crippen LogP contribution in [0.4, 0.5) is 11.5 Å². The Morgan fingerprint density at radius 3 is 2.81 bits per heavy atom. The lowest BCUT2D eigenvalue weighted by Crippen LogP contribution is -2.19. The molecule has 1 aliphatic rings. The monoisotopic (exact) mass is 324 g/mol. The van der Waals surface area contributed by atoms with Crippen LogP contribution in [0.5, 0.6) is 0 Å². The summed E-state index contributed by atoms with van der Waals surface area (Å²) in [7, 11) is -2.08. The first-order valence-electron chi connectivity index (χ1n) is 6.33. The van der Waals surface area contributed by atoms with Gasteiger partial charge in [-0.1, -0.05) is 17.7 Å². The lowest BCUT2D eigenvalue weighted by molar-refractivity contribution is 0.588. The van der Waals surface area contributed by atoms with Gasteiger partial charge in [0.15, 0.2) is 0 Å². The second kappa shape index (κ2) is 5.25. The van der Waals surface area contributed by atoms with Crippen molar-refractivity contribution in [2.75, 3.05) is 18.5 Å². The number of hydrogen-bond acceptors (Lipinski definition) is 5. The zero-order valence-electron chi connectivity index (χ0n) is 11.2. The van der Waals surface area contributed by atoms with Gasteiger partial charge in [0.2, 0.25) is 10.0 Å². The van der Waals surface area contributed by atoms with Crippen LogP contribution in [0.2, 0.25) is 5.15 Å². The van der Waals surface area contributed by atoms with Gasteiger partial charge in [0, 0.05) is 18.3 Å². The lowest BCUT2D eigenvalue weighted by atomic mass is 10.2. The summed E-state index contributed by atoms with van der Waals surface area (Å²) in [6.07, 6.45) is 2.22. The van der Waals surface area contributed by atoms with Gasteiger partial charge in [-0.05, 0) is 31.2 Å². The standard InChI is InChI=1S/C13H13ClN4O2S/c1-15-21(19,20)10-3-2-9-4-5-18(11(9)6-10)13-7-12(14)16-8-17-13/h2-3,6-8,15H,4-5H2,1H3. The summed E-state index contributed by atoms with van der Waals surface area (Å²) in [5.74, 6) is 0.660. The molecule has 1 aliphatic heterocycles. The normalized spacial score (nSPS) is 14.3. The summed E-state index contributed by atoms with van der Waals surface area (Å²) in [6, 6.07) is 6.77. The Morgan fingerprint density at radius 2 is 2.10 bits per heavy atom. The quantitative estimate of drug-likeness (QED) is 0.870. The molecule has 2 aromatic rings. The first kappa shape index (κ1) is 14.2. The molecule has 0 unspecified atom stereocenters. The van der Waals surface area contributed by atoms with Crippen molar-refractivity contribution in [2.24, 2.45) is 0 Å². The number of sulfonamides is 1. The van der Waals surface area contributed by atoms with Crippen molar-refractivity contribution in [2.45, 2.75) is 11.3 Å². The Hall–Kier alpha value is -1.70. The third-order valence-electron chi connectivity index (χ3n) is 3.43. The Labute approximate surface area is 127 Å². The number of halogens is 1. The Balaban J connectivity index is 2.07. The molecule has 0 amide bonds.